The molecule has 1 aliphatic heterocycles. The van der Waals surface area contributed by atoms with Crippen molar-refractivity contribution in [3.8, 4) is 5.75 Å². The quantitative estimate of drug-likeness (QED) is 0.923. The van der Waals surface area contributed by atoms with Crippen molar-refractivity contribution in [1.82, 2.24) is 25.0 Å². The lowest BCUT2D eigenvalue weighted by Crippen LogP contribution is -2.41. The van der Waals surface area contributed by atoms with E-state index in [9.17, 15) is 9.18 Å². The zero-order valence-corrected chi connectivity index (χ0v) is 14.6. The van der Waals surface area contributed by atoms with E-state index in [1.165, 1.54) is 13.2 Å². The molecule has 8 heteroatoms. The van der Waals surface area contributed by atoms with Crippen LogP contribution in [-0.2, 0) is 7.05 Å². The van der Waals surface area contributed by atoms with Crippen LogP contribution in [0.25, 0.3) is 0 Å². The van der Waals surface area contributed by atoms with E-state index in [2.05, 4.69) is 15.5 Å². The average Bonchev–Trinajstić information content (AvgIpc) is 3.22. The molecule has 134 valence electrons. The summed E-state index contributed by atoms with van der Waals surface area (Å²) in [5, 5.41) is 10.9. The van der Waals surface area contributed by atoms with Gasteiger partial charge >= 0.3 is 6.03 Å². The Balaban J connectivity index is 1.77. The van der Waals surface area contributed by atoms with Crippen molar-refractivity contribution in [2.75, 3.05) is 13.7 Å². The molecule has 1 N–H and O–H groups in total. The molecule has 1 fully saturated rings. The first kappa shape index (κ1) is 17.2. The maximum Gasteiger partial charge on any atom is 0.318 e. The summed E-state index contributed by atoms with van der Waals surface area (Å²) in [4.78, 5) is 14.5. The van der Waals surface area contributed by atoms with Crippen LogP contribution >= 0.6 is 0 Å². The Morgan fingerprint density at radius 1 is 1.48 bits per heavy atom. The molecule has 0 bridgehead atoms. The monoisotopic (exact) mass is 347 g/mol. The number of methoxy groups -OCH3 is 1. The van der Waals surface area contributed by atoms with Crippen molar-refractivity contribution in [1.29, 1.82) is 0 Å². The number of halogens is 1. The molecule has 1 saturated heterocycles. The molecule has 1 aromatic heterocycles. The van der Waals surface area contributed by atoms with Gasteiger partial charge in [-0.25, -0.2) is 9.18 Å². The van der Waals surface area contributed by atoms with Crippen LogP contribution in [-0.4, -0.2) is 39.4 Å². The Kier molecular flexibility index (Phi) is 4.87. The second kappa shape index (κ2) is 7.08. The molecule has 2 atom stereocenters. The first-order valence-corrected chi connectivity index (χ1v) is 8.26. The summed E-state index contributed by atoms with van der Waals surface area (Å²) in [5.74, 6) is 0.765. The summed E-state index contributed by atoms with van der Waals surface area (Å²) < 4.78 is 21.2. The molecule has 0 unspecified atom stereocenters. The normalized spacial score (nSPS) is 18.2. The second-order valence-electron chi connectivity index (χ2n) is 6.18. The number of amides is 2. The van der Waals surface area contributed by atoms with Gasteiger partial charge in [0, 0.05) is 13.6 Å². The molecule has 0 spiro atoms. The molecule has 25 heavy (non-hydrogen) atoms. The van der Waals surface area contributed by atoms with E-state index < -0.39 is 11.9 Å². The smallest absolute Gasteiger partial charge is 0.318 e. The number of hydrogen-bond acceptors (Lipinski definition) is 4. The molecular formula is C17H22FN5O2. The van der Waals surface area contributed by atoms with Gasteiger partial charge in [-0.15, -0.1) is 10.2 Å². The van der Waals surface area contributed by atoms with Crippen LogP contribution in [0.15, 0.2) is 24.5 Å². The number of aromatic nitrogens is 3. The average molecular weight is 347 g/mol. The predicted molar refractivity (Wildman–Crippen MR) is 89.6 cm³/mol. The summed E-state index contributed by atoms with van der Waals surface area (Å²) in [7, 11) is 3.34. The van der Waals surface area contributed by atoms with E-state index in [-0.39, 0.29) is 12.1 Å². The molecule has 1 aliphatic rings. The predicted octanol–water partition coefficient (Wildman–Crippen LogP) is 2.57. The van der Waals surface area contributed by atoms with Gasteiger partial charge in [0.2, 0.25) is 0 Å². The van der Waals surface area contributed by atoms with Gasteiger partial charge in [0.25, 0.3) is 0 Å². The van der Waals surface area contributed by atoms with Gasteiger partial charge in [-0.1, -0.05) is 6.07 Å². The third-order valence-electron chi connectivity index (χ3n) is 4.56. The highest BCUT2D eigenvalue weighted by atomic mass is 19.1. The zero-order valence-electron chi connectivity index (χ0n) is 14.6. The number of likely N-dealkylation sites (tertiary alicyclic amines) is 1. The number of aryl methyl sites for hydroxylation is 1. The maximum absolute atomic E-state index is 14.2. The highest BCUT2D eigenvalue weighted by molar-refractivity contribution is 5.75. The van der Waals surface area contributed by atoms with Crippen molar-refractivity contribution < 1.29 is 13.9 Å². The molecule has 0 aliphatic carbocycles. The van der Waals surface area contributed by atoms with E-state index in [0.29, 0.717) is 17.9 Å². The van der Waals surface area contributed by atoms with Crippen LogP contribution in [0.4, 0.5) is 9.18 Å². The second-order valence-corrected chi connectivity index (χ2v) is 6.18. The van der Waals surface area contributed by atoms with Crippen molar-refractivity contribution in [2.45, 2.75) is 31.8 Å². The third-order valence-corrected chi connectivity index (χ3v) is 4.56. The van der Waals surface area contributed by atoms with Crippen LogP contribution in [0.3, 0.4) is 0 Å². The standard InChI is InChI=1S/C17H22FN5O2/c1-11(15-12(18)6-4-8-14(15)25-3)20-17(24)23-9-5-7-13(23)16-21-19-10-22(16)2/h4,6,8,10-11,13H,5,7,9H2,1-3H3,(H,20,24)/t11-,13+/m0/s1. The van der Waals surface area contributed by atoms with Crippen LogP contribution in [0, 0.1) is 5.82 Å². The molecule has 2 aromatic rings. The molecule has 2 heterocycles. The van der Waals surface area contributed by atoms with Crippen LogP contribution in [0.1, 0.15) is 43.2 Å². The number of ether oxygens (including phenoxy) is 1. The summed E-state index contributed by atoms with van der Waals surface area (Å²) in [6, 6.07) is 3.73. The maximum atomic E-state index is 14.2. The van der Waals surface area contributed by atoms with Gasteiger partial charge in [-0.3, -0.25) is 0 Å². The summed E-state index contributed by atoms with van der Waals surface area (Å²) >= 11 is 0. The number of hydrogen-bond donors (Lipinski definition) is 1. The first-order valence-electron chi connectivity index (χ1n) is 8.26. The number of nitrogens with zero attached hydrogens (tertiary/aromatic N) is 4. The SMILES string of the molecule is COc1cccc(F)c1[C@H](C)NC(=O)N1CCC[C@@H]1c1nncn1C. The lowest BCUT2D eigenvalue weighted by molar-refractivity contribution is 0.186. The summed E-state index contributed by atoms with van der Waals surface area (Å²) in [6.45, 7) is 2.37. The van der Waals surface area contributed by atoms with Gasteiger partial charge in [-0.2, -0.15) is 0 Å². The van der Waals surface area contributed by atoms with Crippen molar-refractivity contribution in [3.63, 3.8) is 0 Å². The van der Waals surface area contributed by atoms with Gasteiger partial charge in [0.15, 0.2) is 5.82 Å². The summed E-state index contributed by atoms with van der Waals surface area (Å²) in [6.07, 6.45) is 3.34. The molecule has 3 rings (SSSR count). The minimum Gasteiger partial charge on any atom is -0.496 e. The molecular weight excluding hydrogens is 325 g/mol. The first-order chi connectivity index (χ1) is 12.0. The minimum atomic E-state index is -0.524. The number of nitrogens with one attached hydrogen (secondary N) is 1. The Morgan fingerprint density at radius 3 is 2.96 bits per heavy atom. The van der Waals surface area contributed by atoms with E-state index >= 15 is 0 Å². The Morgan fingerprint density at radius 2 is 2.28 bits per heavy atom. The van der Waals surface area contributed by atoms with Crippen molar-refractivity contribution in [3.05, 3.63) is 41.7 Å². The lowest BCUT2D eigenvalue weighted by Gasteiger charge is -2.26. The summed E-state index contributed by atoms with van der Waals surface area (Å²) in [5.41, 5.74) is 0.341. The van der Waals surface area contributed by atoms with Crippen LogP contribution in [0.5, 0.6) is 5.75 Å². The molecule has 1 aromatic carbocycles. The van der Waals surface area contributed by atoms with E-state index in [1.54, 1.807) is 30.3 Å². The molecule has 7 nitrogen and oxygen atoms in total. The third kappa shape index (κ3) is 3.29. The van der Waals surface area contributed by atoms with Gasteiger partial charge in [0.05, 0.1) is 24.8 Å². The lowest BCUT2D eigenvalue weighted by atomic mass is 10.1. The highest BCUT2D eigenvalue weighted by Gasteiger charge is 2.34. The van der Waals surface area contributed by atoms with Crippen LogP contribution < -0.4 is 10.1 Å². The topological polar surface area (TPSA) is 72.3 Å². The Bertz CT molecular complexity index is 763. The highest BCUT2D eigenvalue weighted by Crippen LogP contribution is 2.32. The number of benzene rings is 1. The number of urea groups is 1. The van der Waals surface area contributed by atoms with Gasteiger partial charge in [0.1, 0.15) is 17.9 Å². The Labute approximate surface area is 145 Å². The minimum absolute atomic E-state index is 0.123. The fourth-order valence-corrected chi connectivity index (χ4v) is 3.33. The van der Waals surface area contributed by atoms with Gasteiger partial charge in [-0.05, 0) is 31.9 Å². The fourth-order valence-electron chi connectivity index (χ4n) is 3.33. The Hall–Kier alpha value is -2.64. The number of carbonyl (C=O) groups is 1. The molecule has 0 radical (unpaired) electrons. The van der Waals surface area contributed by atoms with Crippen LogP contribution in [0.2, 0.25) is 0 Å². The number of carbonyl (C=O) groups excluding carboxylic acids is 1. The molecule has 0 saturated carbocycles. The van der Waals surface area contributed by atoms with Gasteiger partial charge < -0.3 is 19.5 Å². The molecule has 2 amide bonds. The van der Waals surface area contributed by atoms with E-state index in [0.717, 1.165) is 18.7 Å². The van der Waals surface area contributed by atoms with E-state index in [1.807, 2.05) is 11.6 Å². The zero-order chi connectivity index (χ0) is 18.0. The van der Waals surface area contributed by atoms with Crippen molar-refractivity contribution in [2.24, 2.45) is 7.05 Å². The largest absolute Gasteiger partial charge is 0.496 e. The van der Waals surface area contributed by atoms with E-state index in [4.69, 9.17) is 4.74 Å². The van der Waals surface area contributed by atoms with Crippen molar-refractivity contribution >= 4 is 6.03 Å². The fraction of sp³-hybridized carbons (Fsp3) is 0.471. The number of rotatable bonds is 4.